The fourth-order valence-electron chi connectivity index (χ4n) is 1.61. The van der Waals surface area contributed by atoms with E-state index in [4.69, 9.17) is 10.4 Å². The normalized spacial score (nSPS) is 11.3. The van der Waals surface area contributed by atoms with Crippen molar-refractivity contribution >= 4 is 29.3 Å². The summed E-state index contributed by atoms with van der Waals surface area (Å²) in [5.41, 5.74) is 0.574. The first kappa shape index (κ1) is 17.5. The van der Waals surface area contributed by atoms with Crippen LogP contribution in [-0.2, 0) is 15.3 Å². The van der Waals surface area contributed by atoms with Gasteiger partial charge in [0.25, 0.3) is 5.69 Å². The van der Waals surface area contributed by atoms with Gasteiger partial charge in [0, 0.05) is 30.6 Å². The van der Waals surface area contributed by atoms with Gasteiger partial charge < -0.3 is 10.4 Å². The number of carboxylic acid groups (broad SMARTS) is 1. The van der Waals surface area contributed by atoms with Gasteiger partial charge in [-0.25, -0.2) is 4.79 Å². The number of nitro groups is 1. The summed E-state index contributed by atoms with van der Waals surface area (Å²) in [6.45, 7) is 1.23. The number of hydrogen-bond acceptors (Lipinski definition) is 6. The summed E-state index contributed by atoms with van der Waals surface area (Å²) in [4.78, 5) is 31.9. The quantitative estimate of drug-likeness (QED) is 0.570. The number of carbonyl (C=O) groups excluding carboxylic acids is 1. The number of nitrogens with one attached hydrogen (secondary N) is 1. The highest BCUT2D eigenvalue weighted by Crippen LogP contribution is 2.21. The molecule has 1 aromatic carbocycles. The van der Waals surface area contributed by atoms with E-state index in [2.05, 4.69) is 5.32 Å². The van der Waals surface area contributed by atoms with Crippen molar-refractivity contribution in [3.8, 4) is 6.07 Å². The van der Waals surface area contributed by atoms with E-state index in [1.165, 1.54) is 36.9 Å². The average molecular weight is 323 g/mol. The molecule has 0 bridgehead atoms. The number of carbonyl (C=O) groups is 2. The van der Waals surface area contributed by atoms with Crippen LogP contribution in [0.4, 0.5) is 5.69 Å². The van der Waals surface area contributed by atoms with Crippen molar-refractivity contribution in [1.82, 2.24) is 5.32 Å². The highest BCUT2D eigenvalue weighted by molar-refractivity contribution is 7.98. The van der Waals surface area contributed by atoms with Crippen LogP contribution in [0, 0.1) is 21.4 Å². The number of hydrogen-bond donors (Lipinski definition) is 2. The number of thioether (sulfide) groups is 1. The van der Waals surface area contributed by atoms with E-state index in [9.17, 15) is 19.7 Å². The largest absolute Gasteiger partial charge is 0.480 e. The molecule has 0 aliphatic rings. The summed E-state index contributed by atoms with van der Waals surface area (Å²) in [5.74, 6) is -1.16. The van der Waals surface area contributed by atoms with Crippen molar-refractivity contribution in [2.24, 2.45) is 0 Å². The molecule has 0 unspecified atom stereocenters. The average Bonchev–Trinajstić information content (AvgIpc) is 2.45. The first-order chi connectivity index (χ1) is 10.3. The Balaban J connectivity index is 2.72. The van der Waals surface area contributed by atoms with Crippen LogP contribution in [0.1, 0.15) is 18.1 Å². The number of nitrogens with zero attached hydrogens (tertiary/aromatic N) is 2. The van der Waals surface area contributed by atoms with Gasteiger partial charge in [-0.1, -0.05) is 6.07 Å². The van der Waals surface area contributed by atoms with Gasteiger partial charge in [-0.3, -0.25) is 14.9 Å². The van der Waals surface area contributed by atoms with E-state index in [0.717, 1.165) is 0 Å². The molecule has 22 heavy (non-hydrogen) atoms. The second kappa shape index (κ2) is 7.99. The highest BCUT2D eigenvalue weighted by atomic mass is 32.2. The Kier molecular flexibility index (Phi) is 6.34. The molecular formula is C13H13N3O5S. The van der Waals surface area contributed by atoms with Gasteiger partial charge in [0.05, 0.1) is 16.6 Å². The van der Waals surface area contributed by atoms with Crippen LogP contribution in [0.25, 0.3) is 0 Å². The van der Waals surface area contributed by atoms with Crippen molar-refractivity contribution in [1.29, 1.82) is 5.26 Å². The van der Waals surface area contributed by atoms with Crippen LogP contribution in [0.3, 0.4) is 0 Å². The van der Waals surface area contributed by atoms with E-state index in [0.29, 0.717) is 11.3 Å². The van der Waals surface area contributed by atoms with Crippen molar-refractivity contribution in [2.75, 3.05) is 5.75 Å². The Morgan fingerprint density at radius 3 is 2.73 bits per heavy atom. The lowest BCUT2D eigenvalue weighted by Gasteiger charge is -2.12. The third kappa shape index (κ3) is 5.06. The molecule has 0 aliphatic carbocycles. The standard InChI is InChI=1S/C13H13N3O5S/c1-8(17)15-12(13(18)19)7-22-6-9-2-3-11(16(20)21)4-10(9)5-14/h2-4,12H,6-7H2,1H3,(H,15,17)(H,18,19)/t12-/m0/s1. The molecule has 2 N–H and O–H groups in total. The Morgan fingerprint density at radius 1 is 1.55 bits per heavy atom. The zero-order valence-corrected chi connectivity index (χ0v) is 12.4. The minimum Gasteiger partial charge on any atom is -0.480 e. The first-order valence-corrected chi connectivity index (χ1v) is 7.25. The number of nitriles is 1. The van der Waals surface area contributed by atoms with E-state index >= 15 is 0 Å². The van der Waals surface area contributed by atoms with Gasteiger partial charge in [-0.15, -0.1) is 0 Å². The lowest BCUT2D eigenvalue weighted by molar-refractivity contribution is -0.384. The van der Waals surface area contributed by atoms with Crippen molar-refractivity contribution in [2.45, 2.75) is 18.7 Å². The summed E-state index contributed by atoms with van der Waals surface area (Å²) < 4.78 is 0. The summed E-state index contributed by atoms with van der Waals surface area (Å²) in [7, 11) is 0. The fourth-order valence-corrected chi connectivity index (χ4v) is 2.67. The second-order valence-corrected chi connectivity index (χ2v) is 5.35. The summed E-state index contributed by atoms with van der Waals surface area (Å²) >= 11 is 1.21. The van der Waals surface area contributed by atoms with Crippen LogP contribution in [0.15, 0.2) is 18.2 Å². The first-order valence-electron chi connectivity index (χ1n) is 6.10. The van der Waals surface area contributed by atoms with Crippen LogP contribution in [0.2, 0.25) is 0 Å². The van der Waals surface area contributed by atoms with Gasteiger partial charge in [0.2, 0.25) is 5.91 Å². The monoisotopic (exact) mass is 323 g/mol. The van der Waals surface area contributed by atoms with Crippen LogP contribution in [0.5, 0.6) is 0 Å². The molecule has 1 amide bonds. The number of amides is 1. The molecule has 116 valence electrons. The molecular weight excluding hydrogens is 310 g/mol. The van der Waals surface area contributed by atoms with Crippen LogP contribution >= 0.6 is 11.8 Å². The molecule has 0 saturated carbocycles. The molecule has 0 aliphatic heterocycles. The number of benzene rings is 1. The summed E-state index contributed by atoms with van der Waals surface area (Å²) in [6, 6.07) is 4.80. The van der Waals surface area contributed by atoms with E-state index in [1.54, 1.807) is 0 Å². The molecule has 8 nitrogen and oxygen atoms in total. The van der Waals surface area contributed by atoms with Gasteiger partial charge in [-0.05, 0) is 5.56 Å². The molecule has 0 heterocycles. The lowest BCUT2D eigenvalue weighted by Crippen LogP contribution is -2.41. The molecule has 0 radical (unpaired) electrons. The van der Waals surface area contributed by atoms with E-state index in [-0.39, 0.29) is 17.0 Å². The Morgan fingerprint density at radius 2 is 2.23 bits per heavy atom. The van der Waals surface area contributed by atoms with Gasteiger partial charge in [0.15, 0.2) is 0 Å². The number of non-ortho nitro benzene ring substituents is 1. The molecule has 0 saturated heterocycles. The van der Waals surface area contributed by atoms with Crippen molar-refractivity contribution in [3.63, 3.8) is 0 Å². The van der Waals surface area contributed by atoms with Gasteiger partial charge >= 0.3 is 5.97 Å². The smallest absolute Gasteiger partial charge is 0.327 e. The Labute approximate surface area is 130 Å². The maximum absolute atomic E-state index is 11.0. The number of aliphatic carboxylic acids is 1. The maximum atomic E-state index is 11.0. The van der Waals surface area contributed by atoms with Crippen LogP contribution in [-0.4, -0.2) is 33.7 Å². The van der Waals surface area contributed by atoms with Gasteiger partial charge in [0.1, 0.15) is 6.04 Å². The SMILES string of the molecule is CC(=O)N[C@@H](CSCc1ccc([N+](=O)[O-])cc1C#N)C(=O)O. The number of nitro benzene ring substituents is 1. The zero-order chi connectivity index (χ0) is 16.7. The van der Waals surface area contributed by atoms with Crippen molar-refractivity contribution < 1.29 is 19.6 Å². The van der Waals surface area contributed by atoms with Crippen molar-refractivity contribution in [3.05, 3.63) is 39.4 Å². The minimum absolute atomic E-state index is 0.122. The van der Waals surface area contributed by atoms with Crippen LogP contribution < -0.4 is 5.32 Å². The molecule has 0 aromatic heterocycles. The predicted octanol–water partition coefficient (Wildman–Crippen LogP) is 1.29. The third-order valence-electron chi connectivity index (χ3n) is 2.64. The maximum Gasteiger partial charge on any atom is 0.327 e. The van der Waals surface area contributed by atoms with E-state index < -0.39 is 22.8 Å². The lowest BCUT2D eigenvalue weighted by atomic mass is 10.1. The molecule has 0 spiro atoms. The molecule has 1 rings (SSSR count). The van der Waals surface area contributed by atoms with E-state index in [1.807, 2.05) is 6.07 Å². The molecule has 9 heteroatoms. The van der Waals surface area contributed by atoms with Gasteiger partial charge in [-0.2, -0.15) is 17.0 Å². The Hall–Kier alpha value is -2.60. The minimum atomic E-state index is -1.15. The Bertz CT molecular complexity index is 641. The number of rotatable bonds is 7. The predicted molar refractivity (Wildman–Crippen MR) is 79.2 cm³/mol. The summed E-state index contributed by atoms with van der Waals surface area (Å²) in [6.07, 6.45) is 0. The molecule has 1 atom stereocenters. The second-order valence-electron chi connectivity index (χ2n) is 4.32. The third-order valence-corrected chi connectivity index (χ3v) is 3.73. The zero-order valence-electron chi connectivity index (χ0n) is 11.6. The molecule has 1 aromatic rings. The number of carboxylic acids is 1. The summed E-state index contributed by atoms with van der Waals surface area (Å²) in [5, 5.41) is 30.9. The fraction of sp³-hybridized carbons (Fsp3) is 0.308. The molecule has 0 fully saturated rings. The highest BCUT2D eigenvalue weighted by Gasteiger charge is 2.18. The topological polar surface area (TPSA) is 133 Å².